The van der Waals surface area contributed by atoms with Crippen LogP contribution in [-0.4, -0.2) is 64.4 Å². The number of nitrogens with zero attached hydrogens (tertiary/aromatic N) is 1. The van der Waals surface area contributed by atoms with Gasteiger partial charge in [0.2, 0.25) is 17.7 Å². The predicted octanol–water partition coefficient (Wildman–Crippen LogP) is 1.30. The zero-order valence-corrected chi connectivity index (χ0v) is 20.5. The number of carbonyl (C=O) groups is 4. The summed E-state index contributed by atoms with van der Waals surface area (Å²) in [5.41, 5.74) is 6.91. The van der Waals surface area contributed by atoms with Crippen LogP contribution in [0.3, 0.4) is 0 Å². The highest BCUT2D eigenvalue weighted by Crippen LogP contribution is 2.20. The zero-order chi connectivity index (χ0) is 25.4. The summed E-state index contributed by atoms with van der Waals surface area (Å²) in [6.45, 7) is 7.71. The molecule has 1 heterocycles. The second kappa shape index (κ2) is 12.5. The minimum atomic E-state index is -1.12. The second-order valence-corrected chi connectivity index (χ2v) is 9.75. The van der Waals surface area contributed by atoms with Crippen molar-refractivity contribution >= 4 is 23.7 Å². The van der Waals surface area contributed by atoms with Gasteiger partial charge in [-0.3, -0.25) is 14.4 Å². The van der Waals surface area contributed by atoms with Gasteiger partial charge in [0.05, 0.1) is 6.04 Å². The van der Waals surface area contributed by atoms with Crippen LogP contribution in [0.2, 0.25) is 0 Å². The average molecular weight is 475 g/mol. The lowest BCUT2D eigenvalue weighted by Gasteiger charge is -2.30. The molecule has 0 saturated carbocycles. The number of carboxylic acids is 1. The third-order valence-electron chi connectivity index (χ3n) is 6.03. The summed E-state index contributed by atoms with van der Waals surface area (Å²) in [5.74, 6) is -2.48. The van der Waals surface area contributed by atoms with Crippen LogP contribution >= 0.6 is 0 Å². The molecular weight excluding hydrogens is 436 g/mol. The van der Waals surface area contributed by atoms with Crippen molar-refractivity contribution in [1.29, 1.82) is 0 Å². The Morgan fingerprint density at radius 3 is 2.29 bits per heavy atom. The smallest absolute Gasteiger partial charge is 0.326 e. The van der Waals surface area contributed by atoms with Gasteiger partial charge in [-0.05, 0) is 36.7 Å². The number of rotatable bonds is 11. The van der Waals surface area contributed by atoms with Gasteiger partial charge in [0.15, 0.2) is 0 Å². The Balaban J connectivity index is 2.21. The molecule has 1 saturated heterocycles. The molecule has 1 aliphatic rings. The molecule has 5 N–H and O–H groups in total. The summed E-state index contributed by atoms with van der Waals surface area (Å²) in [7, 11) is 0. The standard InChI is InChI=1S/C25H38N4O5/c1-15(2)13-18(26)22(30)27-19(14-17-9-6-5-7-10-17)24(32)29-12-8-11-20(29)23(31)28-21(16(3)4)25(33)34/h5-7,9-10,15-16,18-21H,8,11-14,26H2,1-4H3,(H,27,30)(H,28,31)(H,33,34)/t18-,19+,20-,21-/m0/s1. The van der Waals surface area contributed by atoms with Gasteiger partial charge in [0, 0.05) is 13.0 Å². The molecule has 34 heavy (non-hydrogen) atoms. The van der Waals surface area contributed by atoms with E-state index in [1.807, 2.05) is 44.2 Å². The number of nitrogens with one attached hydrogen (secondary N) is 2. The van der Waals surface area contributed by atoms with E-state index < -0.39 is 42.0 Å². The first kappa shape index (κ1) is 27.3. The average Bonchev–Trinajstić information content (AvgIpc) is 3.26. The van der Waals surface area contributed by atoms with Gasteiger partial charge in [0.25, 0.3) is 0 Å². The van der Waals surface area contributed by atoms with Gasteiger partial charge in [-0.1, -0.05) is 58.0 Å². The van der Waals surface area contributed by atoms with E-state index >= 15 is 0 Å². The Labute approximate surface area is 201 Å². The Morgan fingerprint density at radius 2 is 1.74 bits per heavy atom. The van der Waals surface area contributed by atoms with Crippen molar-refractivity contribution in [2.45, 2.75) is 77.5 Å². The summed E-state index contributed by atoms with van der Waals surface area (Å²) in [5, 5.41) is 14.8. The van der Waals surface area contributed by atoms with Crippen LogP contribution in [0.4, 0.5) is 0 Å². The molecule has 4 atom stereocenters. The highest BCUT2D eigenvalue weighted by molar-refractivity contribution is 5.94. The van der Waals surface area contributed by atoms with Crippen LogP contribution < -0.4 is 16.4 Å². The summed E-state index contributed by atoms with van der Waals surface area (Å²) in [6.07, 6.45) is 1.79. The van der Waals surface area contributed by atoms with E-state index in [-0.39, 0.29) is 24.2 Å². The van der Waals surface area contributed by atoms with Crippen LogP contribution in [0, 0.1) is 11.8 Å². The summed E-state index contributed by atoms with van der Waals surface area (Å²) < 4.78 is 0. The first-order chi connectivity index (χ1) is 16.0. The largest absolute Gasteiger partial charge is 0.480 e. The number of carboxylic acid groups (broad SMARTS) is 1. The molecule has 188 valence electrons. The van der Waals surface area contributed by atoms with Gasteiger partial charge < -0.3 is 26.4 Å². The normalized spacial score (nSPS) is 18.4. The third-order valence-corrected chi connectivity index (χ3v) is 6.03. The minimum absolute atomic E-state index is 0.221. The van der Waals surface area contributed by atoms with Crippen LogP contribution in [0.5, 0.6) is 0 Å². The van der Waals surface area contributed by atoms with Crippen molar-refractivity contribution in [1.82, 2.24) is 15.5 Å². The van der Waals surface area contributed by atoms with E-state index in [1.54, 1.807) is 13.8 Å². The number of aliphatic carboxylic acids is 1. The van der Waals surface area contributed by atoms with Crippen molar-refractivity contribution in [3.8, 4) is 0 Å². The molecule has 1 aliphatic heterocycles. The quantitative estimate of drug-likeness (QED) is 0.381. The Kier molecular flexibility index (Phi) is 10.0. The summed E-state index contributed by atoms with van der Waals surface area (Å²) >= 11 is 0. The topological polar surface area (TPSA) is 142 Å². The van der Waals surface area contributed by atoms with Crippen LogP contribution in [-0.2, 0) is 25.6 Å². The van der Waals surface area contributed by atoms with E-state index in [2.05, 4.69) is 10.6 Å². The molecule has 0 aliphatic carbocycles. The van der Waals surface area contributed by atoms with Crippen molar-refractivity contribution in [3.63, 3.8) is 0 Å². The van der Waals surface area contributed by atoms with Gasteiger partial charge in [0.1, 0.15) is 18.1 Å². The fourth-order valence-corrected chi connectivity index (χ4v) is 4.21. The van der Waals surface area contributed by atoms with E-state index in [0.29, 0.717) is 25.8 Å². The zero-order valence-electron chi connectivity index (χ0n) is 20.5. The Morgan fingerprint density at radius 1 is 1.09 bits per heavy atom. The van der Waals surface area contributed by atoms with Crippen molar-refractivity contribution in [2.75, 3.05) is 6.54 Å². The number of hydrogen-bond acceptors (Lipinski definition) is 5. The molecule has 9 nitrogen and oxygen atoms in total. The lowest BCUT2D eigenvalue weighted by Crippen LogP contribution is -2.57. The minimum Gasteiger partial charge on any atom is -0.480 e. The molecule has 1 aromatic carbocycles. The molecule has 1 fully saturated rings. The van der Waals surface area contributed by atoms with Crippen molar-refractivity contribution in [3.05, 3.63) is 35.9 Å². The number of carbonyl (C=O) groups excluding carboxylic acids is 3. The number of likely N-dealkylation sites (tertiary alicyclic amines) is 1. The molecule has 0 aromatic heterocycles. The molecular formula is C25H38N4O5. The predicted molar refractivity (Wildman–Crippen MR) is 129 cm³/mol. The highest BCUT2D eigenvalue weighted by Gasteiger charge is 2.39. The fraction of sp³-hybridized carbons (Fsp3) is 0.600. The maximum Gasteiger partial charge on any atom is 0.326 e. The summed E-state index contributed by atoms with van der Waals surface area (Å²) in [6, 6.07) is 5.86. The van der Waals surface area contributed by atoms with Gasteiger partial charge in [-0.25, -0.2) is 4.79 Å². The molecule has 1 aromatic rings. The molecule has 2 rings (SSSR count). The van der Waals surface area contributed by atoms with Crippen LogP contribution in [0.1, 0.15) is 52.5 Å². The number of amides is 3. The number of hydrogen-bond donors (Lipinski definition) is 4. The Bertz CT molecular complexity index is 858. The lowest BCUT2D eigenvalue weighted by atomic mass is 10.0. The van der Waals surface area contributed by atoms with Crippen molar-refractivity contribution in [2.24, 2.45) is 17.6 Å². The highest BCUT2D eigenvalue weighted by atomic mass is 16.4. The monoisotopic (exact) mass is 474 g/mol. The first-order valence-electron chi connectivity index (χ1n) is 11.9. The van der Waals surface area contributed by atoms with Gasteiger partial charge in [-0.2, -0.15) is 0 Å². The van der Waals surface area contributed by atoms with E-state index in [0.717, 1.165) is 5.56 Å². The van der Waals surface area contributed by atoms with Crippen LogP contribution in [0.15, 0.2) is 30.3 Å². The second-order valence-electron chi connectivity index (χ2n) is 9.75. The fourth-order valence-electron chi connectivity index (χ4n) is 4.21. The van der Waals surface area contributed by atoms with Crippen molar-refractivity contribution < 1.29 is 24.3 Å². The molecule has 0 spiro atoms. The van der Waals surface area contributed by atoms with E-state index in [1.165, 1.54) is 4.90 Å². The molecule has 3 amide bonds. The van der Waals surface area contributed by atoms with Crippen LogP contribution in [0.25, 0.3) is 0 Å². The number of nitrogens with two attached hydrogens (primary N) is 1. The number of benzene rings is 1. The molecule has 0 radical (unpaired) electrons. The third kappa shape index (κ3) is 7.55. The molecule has 0 unspecified atom stereocenters. The van der Waals surface area contributed by atoms with E-state index in [9.17, 15) is 24.3 Å². The molecule has 9 heteroatoms. The SMILES string of the molecule is CC(C)C[C@H](N)C(=O)N[C@H](Cc1ccccc1)C(=O)N1CCC[C@H]1C(=O)N[C@H](C(=O)O)C(C)C. The van der Waals surface area contributed by atoms with Gasteiger partial charge >= 0.3 is 5.97 Å². The maximum absolute atomic E-state index is 13.6. The summed E-state index contributed by atoms with van der Waals surface area (Å²) in [4.78, 5) is 52.2. The van der Waals surface area contributed by atoms with E-state index in [4.69, 9.17) is 5.73 Å². The molecule has 0 bridgehead atoms. The Hall–Kier alpha value is -2.94. The first-order valence-corrected chi connectivity index (χ1v) is 11.9. The van der Waals surface area contributed by atoms with Gasteiger partial charge in [-0.15, -0.1) is 0 Å². The maximum atomic E-state index is 13.6. The lowest BCUT2D eigenvalue weighted by molar-refractivity contribution is -0.145.